The molecule has 0 bridgehead atoms. The lowest BCUT2D eigenvalue weighted by atomic mass is 9.80. The zero-order valence-corrected chi connectivity index (χ0v) is 15.8. The lowest BCUT2D eigenvalue weighted by Crippen LogP contribution is -2.40. The molecule has 1 aromatic carbocycles. The lowest BCUT2D eigenvalue weighted by Gasteiger charge is -2.33. The largest absolute Gasteiger partial charge is 0.390 e. The Hall–Kier alpha value is -2.35. The van der Waals surface area contributed by atoms with Crippen molar-refractivity contribution in [3.05, 3.63) is 59.9 Å². The molecule has 5 atom stereocenters. The van der Waals surface area contributed by atoms with Gasteiger partial charge in [0.2, 0.25) is 0 Å². The van der Waals surface area contributed by atoms with Gasteiger partial charge >= 0.3 is 0 Å². The second kappa shape index (κ2) is 6.92. The van der Waals surface area contributed by atoms with Crippen LogP contribution in [-0.4, -0.2) is 42.1 Å². The minimum absolute atomic E-state index is 0.252. The molecule has 2 heterocycles. The van der Waals surface area contributed by atoms with Gasteiger partial charge < -0.3 is 19.9 Å². The first-order valence-corrected chi connectivity index (χ1v) is 9.40. The molecule has 1 aliphatic rings. The number of halogens is 1. The van der Waals surface area contributed by atoms with Gasteiger partial charge in [0.1, 0.15) is 17.8 Å². The lowest BCUT2D eigenvalue weighted by molar-refractivity contribution is -0.0757. The van der Waals surface area contributed by atoms with Crippen molar-refractivity contribution < 1.29 is 19.7 Å². The van der Waals surface area contributed by atoms with Crippen LogP contribution in [0.1, 0.15) is 24.6 Å². The average Bonchev–Trinajstić information content (AvgIpc) is 3.20. The number of aryl methyl sites for hydroxylation is 1. The number of benzene rings is 1. The Morgan fingerprint density at radius 2 is 1.86 bits per heavy atom. The second-order valence-electron chi connectivity index (χ2n) is 7.90. The van der Waals surface area contributed by atoms with Crippen LogP contribution < -0.4 is 0 Å². The van der Waals surface area contributed by atoms with Gasteiger partial charge in [0.25, 0.3) is 0 Å². The van der Waals surface area contributed by atoms with E-state index in [1.807, 2.05) is 23.8 Å². The second-order valence-corrected chi connectivity index (χ2v) is 7.90. The first-order chi connectivity index (χ1) is 13.3. The van der Waals surface area contributed by atoms with Crippen molar-refractivity contribution in [1.29, 1.82) is 0 Å². The van der Waals surface area contributed by atoms with E-state index in [1.54, 1.807) is 6.92 Å². The Kier molecular flexibility index (Phi) is 4.69. The standard InChI is InChI=1S/C21H24FN3O3/c1-12-16-7-8-25(20(16)24-11-23-12)10-13-9-17(19(27)18(13)26)21(2,28)14-3-5-15(22)6-4-14/h3-8,11,13,17-19,26-28H,9-10H2,1-2H3/t13-,17-,18-,19+,21-/m0/s1. The molecule has 0 unspecified atom stereocenters. The molecule has 0 saturated heterocycles. The Morgan fingerprint density at radius 1 is 1.14 bits per heavy atom. The highest BCUT2D eigenvalue weighted by Crippen LogP contribution is 2.44. The number of hydrogen-bond donors (Lipinski definition) is 3. The number of aromatic nitrogens is 3. The first kappa shape index (κ1) is 19.0. The molecule has 3 aromatic rings. The molecule has 0 amide bonds. The summed E-state index contributed by atoms with van der Waals surface area (Å²) in [6.45, 7) is 3.98. The fourth-order valence-electron chi connectivity index (χ4n) is 4.40. The number of rotatable bonds is 4. The zero-order valence-electron chi connectivity index (χ0n) is 15.8. The first-order valence-electron chi connectivity index (χ1n) is 9.40. The van der Waals surface area contributed by atoms with Gasteiger partial charge in [-0.2, -0.15) is 0 Å². The van der Waals surface area contributed by atoms with E-state index in [2.05, 4.69) is 9.97 Å². The maximum Gasteiger partial charge on any atom is 0.143 e. The summed E-state index contributed by atoms with van der Waals surface area (Å²) >= 11 is 0. The average molecular weight is 385 g/mol. The molecule has 6 nitrogen and oxygen atoms in total. The molecule has 0 spiro atoms. The van der Waals surface area contributed by atoms with Crippen LogP contribution in [0.5, 0.6) is 0 Å². The van der Waals surface area contributed by atoms with Crippen LogP contribution in [0.4, 0.5) is 4.39 Å². The van der Waals surface area contributed by atoms with E-state index in [-0.39, 0.29) is 11.7 Å². The smallest absolute Gasteiger partial charge is 0.143 e. The summed E-state index contributed by atoms with van der Waals surface area (Å²) in [5.74, 6) is -1.21. The molecular formula is C21H24FN3O3. The maximum absolute atomic E-state index is 13.2. The SMILES string of the molecule is Cc1ncnc2c1ccn2C[C@@H]1C[C@H]([C@@](C)(O)c2ccc(F)cc2)[C@@H](O)[C@H]1O. The van der Waals surface area contributed by atoms with Crippen molar-refractivity contribution >= 4 is 11.0 Å². The highest BCUT2D eigenvalue weighted by Gasteiger charge is 2.50. The van der Waals surface area contributed by atoms with Gasteiger partial charge in [0, 0.05) is 30.0 Å². The van der Waals surface area contributed by atoms with Crippen molar-refractivity contribution in [3.63, 3.8) is 0 Å². The van der Waals surface area contributed by atoms with E-state index in [0.29, 0.717) is 18.5 Å². The Labute approximate surface area is 162 Å². The van der Waals surface area contributed by atoms with Crippen LogP contribution >= 0.6 is 0 Å². The number of fused-ring (bicyclic) bond motifs is 1. The van der Waals surface area contributed by atoms with Crippen LogP contribution in [0.3, 0.4) is 0 Å². The van der Waals surface area contributed by atoms with Crippen LogP contribution in [0.2, 0.25) is 0 Å². The summed E-state index contributed by atoms with van der Waals surface area (Å²) in [6, 6.07) is 7.54. The third-order valence-electron chi connectivity index (χ3n) is 6.14. The van der Waals surface area contributed by atoms with E-state index in [4.69, 9.17) is 0 Å². The summed E-state index contributed by atoms with van der Waals surface area (Å²) in [6.07, 6.45) is 1.78. The number of aliphatic hydroxyl groups is 3. The molecule has 28 heavy (non-hydrogen) atoms. The van der Waals surface area contributed by atoms with Gasteiger partial charge in [0.05, 0.1) is 23.5 Å². The molecular weight excluding hydrogens is 361 g/mol. The molecule has 3 N–H and O–H groups in total. The molecule has 148 valence electrons. The summed E-state index contributed by atoms with van der Waals surface area (Å²) in [5, 5.41) is 33.3. The van der Waals surface area contributed by atoms with Crippen molar-refractivity contribution in [1.82, 2.24) is 14.5 Å². The highest BCUT2D eigenvalue weighted by atomic mass is 19.1. The van der Waals surface area contributed by atoms with Crippen LogP contribution in [-0.2, 0) is 12.1 Å². The number of hydrogen-bond acceptors (Lipinski definition) is 5. The van der Waals surface area contributed by atoms with E-state index in [0.717, 1.165) is 16.7 Å². The van der Waals surface area contributed by atoms with Crippen LogP contribution in [0, 0.1) is 24.6 Å². The van der Waals surface area contributed by atoms with Gasteiger partial charge in [-0.15, -0.1) is 0 Å². The van der Waals surface area contributed by atoms with Crippen molar-refractivity contribution in [2.75, 3.05) is 0 Å². The predicted molar refractivity (Wildman–Crippen MR) is 102 cm³/mol. The molecule has 0 aliphatic heterocycles. The summed E-state index contributed by atoms with van der Waals surface area (Å²) in [4.78, 5) is 8.52. The van der Waals surface area contributed by atoms with Gasteiger partial charge in [-0.1, -0.05) is 12.1 Å². The van der Waals surface area contributed by atoms with E-state index < -0.39 is 23.7 Å². The number of nitrogens with zero attached hydrogens (tertiary/aromatic N) is 3. The van der Waals surface area contributed by atoms with Gasteiger partial charge in [-0.05, 0) is 44.0 Å². The van der Waals surface area contributed by atoms with E-state index in [9.17, 15) is 19.7 Å². The molecule has 1 aliphatic carbocycles. The minimum Gasteiger partial charge on any atom is -0.390 e. The summed E-state index contributed by atoms with van der Waals surface area (Å²) in [5.41, 5.74) is 0.789. The maximum atomic E-state index is 13.2. The quantitative estimate of drug-likeness (QED) is 0.640. The highest BCUT2D eigenvalue weighted by molar-refractivity contribution is 5.78. The molecule has 4 rings (SSSR count). The van der Waals surface area contributed by atoms with E-state index in [1.165, 1.54) is 30.6 Å². The summed E-state index contributed by atoms with van der Waals surface area (Å²) < 4.78 is 15.2. The molecule has 1 saturated carbocycles. The Bertz CT molecular complexity index is 986. The Balaban J connectivity index is 1.59. The number of aliphatic hydroxyl groups excluding tert-OH is 2. The van der Waals surface area contributed by atoms with Crippen molar-refractivity contribution in [2.24, 2.45) is 11.8 Å². The summed E-state index contributed by atoms with van der Waals surface area (Å²) in [7, 11) is 0. The zero-order chi connectivity index (χ0) is 20.1. The normalized spacial score (nSPS) is 27.2. The third kappa shape index (κ3) is 3.09. The van der Waals surface area contributed by atoms with Crippen molar-refractivity contribution in [3.8, 4) is 0 Å². The van der Waals surface area contributed by atoms with Crippen molar-refractivity contribution in [2.45, 2.75) is 44.6 Å². The molecule has 1 fully saturated rings. The minimum atomic E-state index is -1.39. The fourth-order valence-corrected chi connectivity index (χ4v) is 4.40. The molecule has 2 aromatic heterocycles. The van der Waals surface area contributed by atoms with Crippen LogP contribution in [0.25, 0.3) is 11.0 Å². The Morgan fingerprint density at radius 3 is 2.57 bits per heavy atom. The third-order valence-corrected chi connectivity index (χ3v) is 6.14. The van der Waals surface area contributed by atoms with Gasteiger partial charge in [0.15, 0.2) is 0 Å². The van der Waals surface area contributed by atoms with Gasteiger partial charge in [-0.3, -0.25) is 0 Å². The fraction of sp³-hybridized carbons (Fsp3) is 0.429. The predicted octanol–water partition coefficient (Wildman–Crippen LogP) is 2.14. The molecule has 7 heteroatoms. The molecule has 0 radical (unpaired) electrons. The van der Waals surface area contributed by atoms with Gasteiger partial charge in [-0.25, -0.2) is 14.4 Å². The van der Waals surface area contributed by atoms with E-state index >= 15 is 0 Å². The van der Waals surface area contributed by atoms with Crippen LogP contribution in [0.15, 0.2) is 42.9 Å². The monoisotopic (exact) mass is 385 g/mol. The topological polar surface area (TPSA) is 91.4 Å².